The van der Waals surface area contributed by atoms with Crippen LogP contribution in [0, 0.1) is 5.82 Å². The van der Waals surface area contributed by atoms with Crippen LogP contribution in [0.3, 0.4) is 0 Å². The van der Waals surface area contributed by atoms with E-state index >= 15 is 0 Å². The maximum absolute atomic E-state index is 13.0. The Labute approximate surface area is 113 Å². The number of halogens is 1. The summed E-state index contributed by atoms with van der Waals surface area (Å²) in [6.07, 6.45) is 0. The predicted octanol–water partition coefficient (Wildman–Crippen LogP) is 2.59. The third-order valence-corrected chi connectivity index (χ3v) is 3.44. The van der Waals surface area contributed by atoms with Gasteiger partial charge < -0.3 is 0 Å². The highest BCUT2D eigenvalue weighted by atomic mass is 19.1. The zero-order chi connectivity index (χ0) is 14.3. The molecule has 5 heteroatoms. The zero-order valence-corrected chi connectivity index (χ0v) is 10.2. The van der Waals surface area contributed by atoms with E-state index in [0.29, 0.717) is 0 Å². The summed E-state index contributed by atoms with van der Waals surface area (Å²) in [6, 6.07) is 10.9. The first-order chi connectivity index (χ1) is 9.61. The summed E-state index contributed by atoms with van der Waals surface area (Å²) >= 11 is 0. The van der Waals surface area contributed by atoms with Gasteiger partial charge in [0.05, 0.1) is 0 Å². The lowest BCUT2D eigenvalue weighted by atomic mass is 9.89. The van der Waals surface area contributed by atoms with Crippen molar-refractivity contribution in [1.29, 1.82) is 0 Å². The molecule has 0 bridgehead atoms. The highest BCUT2D eigenvalue weighted by molar-refractivity contribution is 6.32. The number of benzene rings is 2. The van der Waals surface area contributed by atoms with E-state index in [9.17, 15) is 19.2 Å². The van der Waals surface area contributed by atoms with Crippen LogP contribution in [0.5, 0.6) is 0 Å². The molecule has 0 radical (unpaired) electrons. The highest BCUT2D eigenvalue weighted by Gasteiger charge is 2.56. The zero-order valence-electron chi connectivity index (χ0n) is 10.2. The van der Waals surface area contributed by atoms with E-state index in [1.54, 1.807) is 12.1 Å². The van der Waals surface area contributed by atoms with E-state index in [0.717, 1.165) is 12.1 Å². The predicted molar refractivity (Wildman–Crippen MR) is 66.9 cm³/mol. The molecule has 0 fully saturated rings. The van der Waals surface area contributed by atoms with Crippen LogP contribution >= 0.6 is 0 Å². The summed E-state index contributed by atoms with van der Waals surface area (Å²) in [7, 11) is 0. The molecule has 0 heterocycles. The van der Waals surface area contributed by atoms with Crippen molar-refractivity contribution in [1.82, 2.24) is 0 Å². The van der Waals surface area contributed by atoms with Crippen molar-refractivity contribution in [2.45, 2.75) is 5.60 Å². The van der Waals surface area contributed by atoms with E-state index in [1.165, 1.54) is 24.3 Å². The molecule has 3 rings (SSSR count). The summed E-state index contributed by atoms with van der Waals surface area (Å²) < 4.78 is 13.0. The molecular formula is C15H9FO4. The van der Waals surface area contributed by atoms with Crippen LogP contribution < -0.4 is 0 Å². The van der Waals surface area contributed by atoms with Gasteiger partial charge in [-0.3, -0.25) is 9.59 Å². The van der Waals surface area contributed by atoms with Gasteiger partial charge in [-0.15, -0.1) is 0 Å². The van der Waals surface area contributed by atoms with Crippen molar-refractivity contribution in [2.75, 3.05) is 0 Å². The number of carbonyl (C=O) groups excluding carboxylic acids is 2. The van der Waals surface area contributed by atoms with Gasteiger partial charge in [0.1, 0.15) is 5.82 Å². The highest BCUT2D eigenvalue weighted by Crippen LogP contribution is 2.40. The van der Waals surface area contributed by atoms with Crippen molar-refractivity contribution in [3.05, 3.63) is 71.0 Å². The Bertz CT molecular complexity index is 671. The molecule has 0 atom stereocenters. The summed E-state index contributed by atoms with van der Waals surface area (Å²) in [5.41, 5.74) is -1.70. The third kappa shape index (κ3) is 1.47. The lowest BCUT2D eigenvalue weighted by Gasteiger charge is -2.22. The second kappa shape index (κ2) is 4.33. The molecular weight excluding hydrogens is 263 g/mol. The minimum atomic E-state index is -2.14. The Balaban J connectivity index is 2.23. The average Bonchev–Trinajstić information content (AvgIpc) is 2.70. The first kappa shape index (κ1) is 12.7. The first-order valence-corrected chi connectivity index (χ1v) is 5.88. The van der Waals surface area contributed by atoms with Gasteiger partial charge in [-0.25, -0.2) is 14.5 Å². The molecule has 0 unspecified atom stereocenters. The minimum absolute atomic E-state index is 0.0904. The second-order valence-electron chi connectivity index (χ2n) is 4.48. The van der Waals surface area contributed by atoms with Gasteiger partial charge in [0, 0.05) is 16.7 Å². The first-order valence-electron chi connectivity index (χ1n) is 5.88. The van der Waals surface area contributed by atoms with Crippen molar-refractivity contribution in [2.24, 2.45) is 0 Å². The van der Waals surface area contributed by atoms with Gasteiger partial charge >= 0.3 is 0 Å². The Kier molecular flexibility index (Phi) is 2.74. The number of ketones is 2. The lowest BCUT2D eigenvalue weighted by Crippen LogP contribution is -2.40. The molecule has 1 N–H and O–H groups in total. The van der Waals surface area contributed by atoms with Crippen LogP contribution in [0.25, 0.3) is 0 Å². The maximum Gasteiger partial charge on any atom is 0.253 e. The SMILES string of the molecule is O=C1c2ccccc2C(=O)C1(OO)c1ccc(F)cc1. The minimum Gasteiger partial charge on any atom is -0.290 e. The van der Waals surface area contributed by atoms with Crippen LogP contribution in [-0.2, 0) is 10.5 Å². The molecule has 2 aromatic carbocycles. The fraction of sp³-hybridized carbons (Fsp3) is 0.0667. The normalized spacial score (nSPS) is 16.3. The number of Topliss-reactive ketones (excluding diaryl/α,β-unsaturated/α-hetero) is 2. The van der Waals surface area contributed by atoms with Crippen LogP contribution in [-0.4, -0.2) is 16.8 Å². The number of fused-ring (bicyclic) bond motifs is 1. The topological polar surface area (TPSA) is 63.6 Å². The van der Waals surface area contributed by atoms with E-state index in [1.807, 2.05) is 0 Å². The van der Waals surface area contributed by atoms with E-state index in [4.69, 9.17) is 0 Å². The quantitative estimate of drug-likeness (QED) is 0.518. The van der Waals surface area contributed by atoms with Crippen LogP contribution in [0.1, 0.15) is 26.3 Å². The second-order valence-corrected chi connectivity index (χ2v) is 4.48. The lowest BCUT2D eigenvalue weighted by molar-refractivity contribution is -0.291. The van der Waals surface area contributed by atoms with Crippen molar-refractivity contribution < 1.29 is 24.1 Å². The maximum atomic E-state index is 13.0. The van der Waals surface area contributed by atoms with E-state index in [2.05, 4.69) is 4.89 Å². The third-order valence-electron chi connectivity index (χ3n) is 3.44. The fourth-order valence-corrected chi connectivity index (χ4v) is 2.44. The Morgan fingerprint density at radius 2 is 1.40 bits per heavy atom. The number of hydrogen-bond acceptors (Lipinski definition) is 4. The summed E-state index contributed by atoms with van der Waals surface area (Å²) in [5, 5.41) is 9.22. The largest absolute Gasteiger partial charge is 0.290 e. The van der Waals surface area contributed by atoms with Gasteiger partial charge in [-0.2, -0.15) is 0 Å². The van der Waals surface area contributed by atoms with Gasteiger partial charge in [-0.05, 0) is 12.1 Å². The number of carbonyl (C=O) groups is 2. The standard InChI is InChI=1S/C15H9FO4/c16-10-7-5-9(6-8-10)15(20-19)13(17)11-3-1-2-4-12(11)14(15)18/h1-8,19H. The molecule has 0 aromatic heterocycles. The molecule has 1 aliphatic rings. The monoisotopic (exact) mass is 272 g/mol. The molecule has 1 aliphatic carbocycles. The molecule has 0 spiro atoms. The molecule has 0 saturated carbocycles. The van der Waals surface area contributed by atoms with Crippen molar-refractivity contribution in [3.63, 3.8) is 0 Å². The summed E-state index contributed by atoms with van der Waals surface area (Å²) in [4.78, 5) is 29.2. The van der Waals surface area contributed by atoms with Crippen LogP contribution in [0.4, 0.5) is 4.39 Å². The average molecular weight is 272 g/mol. The fourth-order valence-electron chi connectivity index (χ4n) is 2.44. The molecule has 20 heavy (non-hydrogen) atoms. The summed E-state index contributed by atoms with van der Waals surface area (Å²) in [6.45, 7) is 0. The van der Waals surface area contributed by atoms with Crippen LogP contribution in [0.15, 0.2) is 48.5 Å². The molecule has 4 nitrogen and oxygen atoms in total. The van der Waals surface area contributed by atoms with Crippen molar-refractivity contribution >= 4 is 11.6 Å². The van der Waals surface area contributed by atoms with E-state index < -0.39 is 23.0 Å². The van der Waals surface area contributed by atoms with Gasteiger partial charge in [0.25, 0.3) is 5.60 Å². The number of rotatable bonds is 2. The van der Waals surface area contributed by atoms with Gasteiger partial charge in [-0.1, -0.05) is 36.4 Å². The van der Waals surface area contributed by atoms with Crippen LogP contribution in [0.2, 0.25) is 0 Å². The molecule has 2 aromatic rings. The van der Waals surface area contributed by atoms with Gasteiger partial charge in [0.15, 0.2) is 0 Å². The Morgan fingerprint density at radius 3 is 1.85 bits per heavy atom. The van der Waals surface area contributed by atoms with E-state index in [-0.39, 0.29) is 16.7 Å². The molecule has 0 amide bonds. The smallest absolute Gasteiger partial charge is 0.253 e. The molecule has 100 valence electrons. The molecule has 0 saturated heterocycles. The Hall–Kier alpha value is -2.37. The Morgan fingerprint density at radius 1 is 0.900 bits per heavy atom. The van der Waals surface area contributed by atoms with Crippen molar-refractivity contribution in [3.8, 4) is 0 Å². The van der Waals surface area contributed by atoms with Gasteiger partial charge in [0.2, 0.25) is 11.6 Å². The summed E-state index contributed by atoms with van der Waals surface area (Å²) in [5.74, 6) is -1.84. The number of hydrogen-bond donors (Lipinski definition) is 1. The molecule has 0 aliphatic heterocycles.